The summed E-state index contributed by atoms with van der Waals surface area (Å²) in [5.74, 6) is 0. The Morgan fingerprint density at radius 3 is 1.00 bits per heavy atom. The van der Waals surface area contributed by atoms with Crippen LogP contribution in [0.2, 0.25) is 0 Å². The first-order valence-electron chi connectivity index (χ1n) is 10.7. The fourth-order valence-electron chi connectivity index (χ4n) is 1.33. The van der Waals surface area contributed by atoms with Crippen molar-refractivity contribution < 1.29 is 0 Å². The third-order valence-electron chi connectivity index (χ3n) is 2.34. The van der Waals surface area contributed by atoms with Gasteiger partial charge >= 0.3 is 0 Å². The van der Waals surface area contributed by atoms with Crippen molar-refractivity contribution in [2.75, 3.05) is 31.4 Å². The van der Waals surface area contributed by atoms with Crippen molar-refractivity contribution in [3.05, 3.63) is 60.7 Å². The minimum atomic E-state index is 1.16. The lowest BCUT2D eigenvalue weighted by atomic mass is 10.3. The van der Waals surface area contributed by atoms with E-state index in [4.69, 9.17) is 0 Å². The van der Waals surface area contributed by atoms with Crippen molar-refractivity contribution in [2.24, 2.45) is 0 Å². The monoisotopic (exact) mass is 378 g/mol. The van der Waals surface area contributed by atoms with E-state index in [0.717, 1.165) is 5.69 Å². The maximum Gasteiger partial charge on any atom is 0.0360 e. The largest absolute Gasteiger partial charge is 0.388 e. The van der Waals surface area contributed by atoms with E-state index >= 15 is 0 Å². The van der Waals surface area contributed by atoms with Gasteiger partial charge in [0.1, 0.15) is 0 Å². The molecule has 0 aliphatic heterocycles. The lowest BCUT2D eigenvalue weighted by Gasteiger charge is -2.10. The molecule has 2 rings (SSSR count). The highest BCUT2D eigenvalue weighted by molar-refractivity contribution is 5.43. The summed E-state index contributed by atoms with van der Waals surface area (Å²) < 4.78 is 0. The zero-order chi connectivity index (χ0) is 22.5. The summed E-state index contributed by atoms with van der Waals surface area (Å²) in [7, 11) is 5.99. The smallest absolute Gasteiger partial charge is 0.0360 e. The summed E-state index contributed by atoms with van der Waals surface area (Å²) in [6, 6.07) is 20.3. The first-order valence-corrected chi connectivity index (χ1v) is 10.7. The van der Waals surface area contributed by atoms with E-state index in [0.29, 0.717) is 0 Å². The Balaban J connectivity index is -0.0000000822. The highest BCUT2D eigenvalue weighted by Crippen LogP contribution is 2.07. The Bertz CT molecular complexity index is 397. The molecule has 0 saturated heterocycles. The average Bonchev–Trinajstić information content (AvgIpc) is 2.82. The quantitative estimate of drug-likeness (QED) is 0.562. The molecule has 0 aliphatic carbocycles. The predicted octanol–water partition coefficient (Wildman–Crippen LogP) is 8.61. The number of para-hydroxylation sites is 2. The van der Waals surface area contributed by atoms with Gasteiger partial charge in [-0.25, -0.2) is 0 Å². The Morgan fingerprint density at radius 1 is 0.519 bits per heavy atom. The van der Waals surface area contributed by atoms with E-state index in [1.54, 1.807) is 0 Å². The van der Waals surface area contributed by atoms with Crippen LogP contribution >= 0.6 is 0 Å². The Labute approximate surface area is 173 Å². The van der Waals surface area contributed by atoms with E-state index in [1.165, 1.54) is 5.69 Å². The molecule has 0 aromatic heterocycles. The topological polar surface area (TPSA) is 15.3 Å². The van der Waals surface area contributed by atoms with Crippen molar-refractivity contribution in [3.63, 3.8) is 0 Å². The van der Waals surface area contributed by atoms with Crippen LogP contribution in [0.1, 0.15) is 69.2 Å². The van der Waals surface area contributed by atoms with Crippen LogP contribution in [0.25, 0.3) is 0 Å². The third-order valence-corrected chi connectivity index (χ3v) is 2.34. The summed E-state index contributed by atoms with van der Waals surface area (Å²) in [5.41, 5.74) is 2.41. The van der Waals surface area contributed by atoms with Gasteiger partial charge in [0.05, 0.1) is 0 Å². The predicted molar refractivity (Wildman–Crippen MR) is 133 cm³/mol. The van der Waals surface area contributed by atoms with Gasteiger partial charge < -0.3 is 10.2 Å². The van der Waals surface area contributed by atoms with Crippen LogP contribution in [0.4, 0.5) is 11.4 Å². The average molecular weight is 379 g/mol. The van der Waals surface area contributed by atoms with E-state index in [1.807, 2.05) is 139 Å². The SMILES string of the molecule is CC.CC.CC.CC.CC.CN(C)c1ccccc1.CNc1ccccc1. The zero-order valence-corrected chi connectivity index (χ0v) is 20.7. The first-order chi connectivity index (χ1) is 13.2. The molecular weight excluding hydrogens is 328 g/mol. The van der Waals surface area contributed by atoms with Crippen LogP contribution in [0.5, 0.6) is 0 Å². The number of anilines is 2. The molecule has 0 bridgehead atoms. The number of nitrogens with one attached hydrogen (secondary N) is 1. The second-order valence-corrected chi connectivity index (χ2v) is 3.85. The van der Waals surface area contributed by atoms with E-state index in [-0.39, 0.29) is 0 Å². The third kappa shape index (κ3) is 29.1. The van der Waals surface area contributed by atoms with E-state index < -0.39 is 0 Å². The number of nitrogens with zero attached hydrogens (tertiary/aromatic N) is 1. The van der Waals surface area contributed by atoms with Crippen LogP contribution in [0.15, 0.2) is 60.7 Å². The lowest BCUT2D eigenvalue weighted by Crippen LogP contribution is -2.07. The van der Waals surface area contributed by atoms with Crippen molar-refractivity contribution >= 4 is 11.4 Å². The summed E-state index contributed by atoms with van der Waals surface area (Å²) in [6.45, 7) is 20.0. The van der Waals surface area contributed by atoms with Gasteiger partial charge in [-0.3, -0.25) is 0 Å². The Hall–Kier alpha value is -1.96. The maximum atomic E-state index is 3.03. The second kappa shape index (κ2) is 39.2. The van der Waals surface area contributed by atoms with E-state index in [9.17, 15) is 0 Å². The Morgan fingerprint density at radius 2 is 0.815 bits per heavy atom. The van der Waals surface area contributed by atoms with Gasteiger partial charge in [0.15, 0.2) is 0 Å². The molecule has 0 amide bonds. The molecule has 2 heteroatoms. The maximum absolute atomic E-state index is 3.03. The van der Waals surface area contributed by atoms with Crippen LogP contribution in [0, 0.1) is 0 Å². The van der Waals surface area contributed by atoms with Crippen LogP contribution in [-0.4, -0.2) is 21.1 Å². The van der Waals surface area contributed by atoms with Gasteiger partial charge in [0, 0.05) is 32.5 Å². The molecule has 0 aliphatic rings. The molecule has 0 unspecified atom stereocenters. The van der Waals surface area contributed by atoms with Crippen molar-refractivity contribution in [1.82, 2.24) is 0 Å². The standard InChI is InChI=1S/C8H11N.C7H9N.5C2H6/c1-9(2)8-6-4-3-5-7-8;1-8-7-5-3-2-4-6-7;5*1-2/h3-7H,1-2H3;2-6,8H,1H3;5*1-2H3. The molecule has 0 radical (unpaired) electrons. The van der Waals surface area contributed by atoms with Gasteiger partial charge in [-0.05, 0) is 24.3 Å². The molecule has 2 nitrogen and oxygen atoms in total. The molecule has 160 valence electrons. The highest BCUT2D eigenvalue weighted by Gasteiger charge is 1.87. The second-order valence-electron chi connectivity index (χ2n) is 3.85. The molecule has 0 atom stereocenters. The summed E-state index contributed by atoms with van der Waals surface area (Å²) in [6.07, 6.45) is 0. The van der Waals surface area contributed by atoms with Crippen LogP contribution in [-0.2, 0) is 0 Å². The first kappa shape index (κ1) is 36.0. The van der Waals surface area contributed by atoms with Gasteiger partial charge in [-0.1, -0.05) is 106 Å². The molecule has 1 N–H and O–H groups in total. The minimum Gasteiger partial charge on any atom is -0.388 e. The molecule has 2 aromatic rings. The normalized spacial score (nSPS) is 6.70. The Kier molecular flexibility index (Phi) is 52.3. The molecule has 0 spiro atoms. The van der Waals surface area contributed by atoms with E-state index in [2.05, 4.69) is 22.3 Å². The molecule has 27 heavy (non-hydrogen) atoms. The number of benzene rings is 2. The fourth-order valence-corrected chi connectivity index (χ4v) is 1.33. The number of hydrogen-bond donors (Lipinski definition) is 1. The zero-order valence-electron chi connectivity index (χ0n) is 20.7. The fraction of sp³-hybridized carbons (Fsp3) is 0.520. The summed E-state index contributed by atoms with van der Waals surface area (Å²) in [4.78, 5) is 2.08. The van der Waals surface area contributed by atoms with Crippen molar-refractivity contribution in [1.29, 1.82) is 0 Å². The number of hydrogen-bond acceptors (Lipinski definition) is 2. The van der Waals surface area contributed by atoms with Crippen molar-refractivity contribution in [3.8, 4) is 0 Å². The van der Waals surface area contributed by atoms with Crippen molar-refractivity contribution in [2.45, 2.75) is 69.2 Å². The van der Waals surface area contributed by atoms with Gasteiger partial charge in [-0.2, -0.15) is 0 Å². The van der Waals surface area contributed by atoms with Crippen LogP contribution in [0.3, 0.4) is 0 Å². The highest BCUT2D eigenvalue weighted by atomic mass is 15.1. The number of rotatable bonds is 2. The van der Waals surface area contributed by atoms with Gasteiger partial charge in [0.25, 0.3) is 0 Å². The lowest BCUT2D eigenvalue weighted by molar-refractivity contribution is 1.13. The molecule has 2 aromatic carbocycles. The molecular formula is C25H50N2. The van der Waals surface area contributed by atoms with Gasteiger partial charge in [0.2, 0.25) is 0 Å². The molecule has 0 heterocycles. The molecule has 0 saturated carbocycles. The summed E-state index contributed by atoms with van der Waals surface area (Å²) >= 11 is 0. The molecule has 0 fully saturated rings. The van der Waals surface area contributed by atoms with Crippen LogP contribution < -0.4 is 10.2 Å². The summed E-state index contributed by atoms with van der Waals surface area (Å²) in [5, 5.41) is 3.03. The van der Waals surface area contributed by atoms with Gasteiger partial charge in [-0.15, -0.1) is 0 Å². The minimum absolute atomic E-state index is 1.16.